The molecule has 1 aliphatic rings. The summed E-state index contributed by atoms with van der Waals surface area (Å²) in [6.45, 7) is 14.0. The van der Waals surface area contributed by atoms with Crippen molar-refractivity contribution >= 4 is 46.6 Å². The Kier molecular flexibility index (Phi) is 11.5. The molecule has 27 heavy (non-hydrogen) atoms. The number of hydrogen-bond donors (Lipinski definition) is 1. The first-order valence-corrected chi connectivity index (χ1v) is 10.5. The fourth-order valence-electron chi connectivity index (χ4n) is 3.11. The molecule has 7 nitrogen and oxygen atoms in total. The molecule has 1 atom stereocenters. The average molecular weight is 510 g/mol. The summed E-state index contributed by atoms with van der Waals surface area (Å²) in [4.78, 5) is 13.7. The van der Waals surface area contributed by atoms with E-state index in [1.807, 2.05) is 7.05 Å². The molecule has 1 fully saturated rings. The van der Waals surface area contributed by atoms with Crippen molar-refractivity contribution in [2.75, 3.05) is 51.3 Å². The maximum atomic E-state index is 5.83. The Balaban J connectivity index is 0.00000364. The molecular formula is C18H35IN6OS. The topological polar surface area (TPSA) is 65.9 Å². The maximum Gasteiger partial charge on any atom is 0.205 e. The number of guanidine groups is 1. The number of nitrogens with zero attached hydrogens (tertiary/aromatic N) is 5. The van der Waals surface area contributed by atoms with E-state index in [1.54, 1.807) is 0 Å². The van der Waals surface area contributed by atoms with E-state index in [0.717, 1.165) is 69.1 Å². The summed E-state index contributed by atoms with van der Waals surface area (Å²) in [5.41, 5.74) is 0. The number of aryl methyl sites for hydroxylation is 1. The Hall–Kier alpha value is -0.680. The minimum atomic E-state index is 0. The molecule has 1 aliphatic heterocycles. The van der Waals surface area contributed by atoms with Crippen LogP contribution >= 0.6 is 35.5 Å². The summed E-state index contributed by atoms with van der Waals surface area (Å²) in [5.74, 6) is 2.45. The van der Waals surface area contributed by atoms with Crippen molar-refractivity contribution in [1.82, 2.24) is 19.6 Å². The van der Waals surface area contributed by atoms with Crippen molar-refractivity contribution in [1.29, 1.82) is 0 Å². The maximum absolute atomic E-state index is 5.83. The first-order valence-electron chi connectivity index (χ1n) is 9.73. The van der Waals surface area contributed by atoms with Crippen molar-refractivity contribution in [2.45, 2.75) is 46.6 Å². The van der Waals surface area contributed by atoms with Gasteiger partial charge in [0.1, 0.15) is 5.82 Å². The Bertz CT molecular complexity index is 560. The van der Waals surface area contributed by atoms with Gasteiger partial charge in [-0.15, -0.1) is 24.0 Å². The van der Waals surface area contributed by atoms with E-state index in [-0.39, 0.29) is 24.0 Å². The van der Waals surface area contributed by atoms with Crippen molar-refractivity contribution in [3.8, 4) is 0 Å². The Labute approximate surface area is 185 Å². The van der Waals surface area contributed by atoms with E-state index in [0.29, 0.717) is 12.0 Å². The van der Waals surface area contributed by atoms with E-state index in [9.17, 15) is 0 Å². The molecule has 0 amide bonds. The second kappa shape index (κ2) is 12.7. The lowest BCUT2D eigenvalue weighted by molar-refractivity contribution is 0.0257. The quantitative estimate of drug-likeness (QED) is 0.330. The summed E-state index contributed by atoms with van der Waals surface area (Å²) in [5, 5.41) is 4.55. The van der Waals surface area contributed by atoms with Crippen LogP contribution in [0, 0.1) is 5.92 Å². The number of piperazine rings is 1. The van der Waals surface area contributed by atoms with Crippen LogP contribution in [-0.2, 0) is 11.2 Å². The lowest BCUT2D eigenvalue weighted by Gasteiger charge is -2.36. The van der Waals surface area contributed by atoms with Crippen molar-refractivity contribution in [2.24, 2.45) is 10.9 Å². The van der Waals surface area contributed by atoms with Gasteiger partial charge < -0.3 is 19.9 Å². The molecule has 2 rings (SSSR count). The van der Waals surface area contributed by atoms with E-state index in [4.69, 9.17) is 4.74 Å². The number of rotatable bonds is 8. The van der Waals surface area contributed by atoms with Crippen LogP contribution in [0.1, 0.15) is 39.9 Å². The summed E-state index contributed by atoms with van der Waals surface area (Å²) < 4.78 is 10.2. The Morgan fingerprint density at radius 3 is 2.48 bits per heavy atom. The van der Waals surface area contributed by atoms with Crippen LogP contribution in [0.2, 0.25) is 0 Å². The van der Waals surface area contributed by atoms with E-state index in [2.05, 4.69) is 57.2 Å². The van der Waals surface area contributed by atoms with Gasteiger partial charge in [-0.05, 0) is 19.3 Å². The largest absolute Gasteiger partial charge is 0.378 e. The van der Waals surface area contributed by atoms with Crippen LogP contribution in [0.5, 0.6) is 0 Å². The summed E-state index contributed by atoms with van der Waals surface area (Å²) in [7, 11) is 1.86. The second-order valence-electron chi connectivity index (χ2n) is 6.82. The molecule has 0 aliphatic carbocycles. The smallest absolute Gasteiger partial charge is 0.205 e. The Morgan fingerprint density at radius 2 is 1.96 bits per heavy atom. The van der Waals surface area contributed by atoms with Gasteiger partial charge in [-0.1, -0.05) is 20.8 Å². The fraction of sp³-hybridized carbons (Fsp3) is 0.833. The van der Waals surface area contributed by atoms with Gasteiger partial charge in [-0.25, -0.2) is 4.98 Å². The van der Waals surface area contributed by atoms with Gasteiger partial charge in [0, 0.05) is 64.3 Å². The third-order valence-electron chi connectivity index (χ3n) is 4.67. The van der Waals surface area contributed by atoms with Gasteiger partial charge in [0.05, 0.1) is 6.10 Å². The molecule has 0 saturated carbocycles. The number of ether oxygens (including phenoxy) is 1. The molecule has 0 aromatic carbocycles. The highest BCUT2D eigenvalue weighted by Crippen LogP contribution is 2.19. The van der Waals surface area contributed by atoms with Crippen LogP contribution in [-0.4, -0.2) is 72.7 Å². The minimum absolute atomic E-state index is 0. The Morgan fingerprint density at radius 1 is 1.26 bits per heavy atom. The highest BCUT2D eigenvalue weighted by atomic mass is 127. The molecule has 1 N–H and O–H groups in total. The molecule has 156 valence electrons. The molecule has 9 heteroatoms. The summed E-state index contributed by atoms with van der Waals surface area (Å²) in [6.07, 6.45) is 2.19. The molecular weight excluding hydrogens is 475 g/mol. The average Bonchev–Trinajstić information content (AvgIpc) is 3.13. The van der Waals surface area contributed by atoms with Crippen LogP contribution in [0.15, 0.2) is 4.99 Å². The highest BCUT2D eigenvalue weighted by Gasteiger charge is 2.22. The van der Waals surface area contributed by atoms with Crippen LogP contribution in [0.25, 0.3) is 0 Å². The predicted octanol–water partition coefficient (Wildman–Crippen LogP) is 2.87. The monoisotopic (exact) mass is 510 g/mol. The first-order chi connectivity index (χ1) is 12.6. The first kappa shape index (κ1) is 24.4. The summed E-state index contributed by atoms with van der Waals surface area (Å²) >= 11 is 1.51. The zero-order valence-electron chi connectivity index (χ0n) is 17.3. The van der Waals surface area contributed by atoms with Crippen molar-refractivity contribution in [3.63, 3.8) is 0 Å². The standard InChI is InChI=1S/C18H34N6OS.HI/c1-6-16-21-18(26-22-16)24-12-10-23(11-13-24)17(19-5)20-9-8-15(14(3)4)25-7-2;/h14-15H,6-13H2,1-5H3,(H,19,20);1H. The number of nitrogens with one attached hydrogen (secondary N) is 1. The molecule has 0 radical (unpaired) electrons. The van der Waals surface area contributed by atoms with Crippen LogP contribution in [0.3, 0.4) is 0 Å². The lowest BCUT2D eigenvalue weighted by atomic mass is 10.0. The molecule has 1 aromatic rings. The SMILES string of the molecule is CCOC(CCNC(=NC)N1CCN(c2nc(CC)ns2)CC1)C(C)C.I. The van der Waals surface area contributed by atoms with Gasteiger partial charge in [-0.2, -0.15) is 4.37 Å². The number of anilines is 1. The number of halogens is 1. The van der Waals surface area contributed by atoms with Crippen LogP contribution < -0.4 is 10.2 Å². The third kappa shape index (κ3) is 7.34. The fourth-order valence-corrected chi connectivity index (χ4v) is 3.91. The second-order valence-corrected chi connectivity index (χ2v) is 7.55. The molecule has 1 aromatic heterocycles. The minimum Gasteiger partial charge on any atom is -0.378 e. The van der Waals surface area contributed by atoms with E-state index >= 15 is 0 Å². The number of aromatic nitrogens is 2. The van der Waals surface area contributed by atoms with Gasteiger partial charge in [-0.3, -0.25) is 4.99 Å². The van der Waals surface area contributed by atoms with E-state index < -0.39 is 0 Å². The molecule has 1 unspecified atom stereocenters. The van der Waals surface area contributed by atoms with Crippen LogP contribution in [0.4, 0.5) is 5.13 Å². The zero-order valence-corrected chi connectivity index (χ0v) is 20.4. The van der Waals surface area contributed by atoms with Gasteiger partial charge in [0.25, 0.3) is 0 Å². The summed E-state index contributed by atoms with van der Waals surface area (Å²) in [6, 6.07) is 0. The molecule has 1 saturated heterocycles. The van der Waals surface area contributed by atoms with Gasteiger partial charge >= 0.3 is 0 Å². The molecule has 2 heterocycles. The predicted molar refractivity (Wildman–Crippen MR) is 125 cm³/mol. The van der Waals surface area contributed by atoms with Gasteiger partial charge in [0.2, 0.25) is 5.13 Å². The third-order valence-corrected chi connectivity index (χ3v) is 5.49. The normalized spacial score (nSPS) is 16.4. The number of hydrogen-bond acceptors (Lipinski definition) is 6. The van der Waals surface area contributed by atoms with E-state index in [1.165, 1.54) is 11.5 Å². The van der Waals surface area contributed by atoms with Gasteiger partial charge in [0.15, 0.2) is 5.96 Å². The lowest BCUT2D eigenvalue weighted by Crippen LogP contribution is -2.52. The highest BCUT2D eigenvalue weighted by molar-refractivity contribution is 14.0. The molecule has 0 bridgehead atoms. The molecule has 0 spiro atoms. The number of aliphatic imine (C=N–C) groups is 1. The zero-order chi connectivity index (χ0) is 18.9. The van der Waals surface area contributed by atoms with Crippen molar-refractivity contribution < 1.29 is 4.74 Å². The van der Waals surface area contributed by atoms with Crippen molar-refractivity contribution in [3.05, 3.63) is 5.82 Å².